The summed E-state index contributed by atoms with van der Waals surface area (Å²) in [6.45, 7) is 2.97. The largest absolute Gasteiger partial charge is 0.478 e. The molecule has 1 aliphatic heterocycles. The van der Waals surface area contributed by atoms with E-state index in [0.717, 1.165) is 12.8 Å². The van der Waals surface area contributed by atoms with Crippen LogP contribution in [0.5, 0.6) is 5.75 Å². The molecule has 1 aromatic rings. The molecule has 24 heavy (non-hydrogen) atoms. The predicted molar refractivity (Wildman–Crippen MR) is 84.2 cm³/mol. The second-order valence-electron chi connectivity index (χ2n) is 5.88. The molecular formula is C17H22FNO5. The SMILES string of the molecule is CC(C(=O)NCC(Oc1ccc(F)cc1)C(=O)O)C1CCOCC1. The van der Waals surface area contributed by atoms with Crippen molar-refractivity contribution in [3.05, 3.63) is 30.1 Å². The molecule has 0 saturated carbocycles. The topological polar surface area (TPSA) is 84.9 Å². The first-order valence-corrected chi connectivity index (χ1v) is 7.98. The lowest BCUT2D eigenvalue weighted by Crippen LogP contribution is -2.43. The zero-order valence-corrected chi connectivity index (χ0v) is 13.5. The molecule has 0 radical (unpaired) electrons. The lowest BCUT2D eigenvalue weighted by Gasteiger charge is -2.27. The number of carbonyl (C=O) groups excluding carboxylic acids is 1. The minimum Gasteiger partial charge on any atom is -0.478 e. The summed E-state index contributed by atoms with van der Waals surface area (Å²) in [6, 6.07) is 5.05. The van der Waals surface area contributed by atoms with Crippen LogP contribution in [0.2, 0.25) is 0 Å². The third kappa shape index (κ3) is 5.19. The molecule has 2 N–H and O–H groups in total. The summed E-state index contributed by atoms with van der Waals surface area (Å²) in [5, 5.41) is 11.9. The van der Waals surface area contributed by atoms with Gasteiger partial charge in [0, 0.05) is 19.1 Å². The van der Waals surface area contributed by atoms with Gasteiger partial charge in [-0.3, -0.25) is 4.79 Å². The molecule has 1 fully saturated rings. The number of carboxylic acid groups (broad SMARTS) is 1. The zero-order valence-electron chi connectivity index (χ0n) is 13.5. The van der Waals surface area contributed by atoms with Gasteiger partial charge in [0.1, 0.15) is 11.6 Å². The van der Waals surface area contributed by atoms with E-state index in [4.69, 9.17) is 9.47 Å². The number of nitrogens with one attached hydrogen (secondary N) is 1. The summed E-state index contributed by atoms with van der Waals surface area (Å²) in [7, 11) is 0. The molecule has 2 rings (SSSR count). The summed E-state index contributed by atoms with van der Waals surface area (Å²) >= 11 is 0. The Morgan fingerprint density at radius 2 is 1.96 bits per heavy atom. The Morgan fingerprint density at radius 1 is 1.33 bits per heavy atom. The molecule has 6 nitrogen and oxygen atoms in total. The maximum absolute atomic E-state index is 12.9. The first-order chi connectivity index (χ1) is 11.5. The van der Waals surface area contributed by atoms with Gasteiger partial charge in [-0.25, -0.2) is 9.18 Å². The van der Waals surface area contributed by atoms with Crippen LogP contribution in [0.1, 0.15) is 19.8 Å². The summed E-state index contributed by atoms with van der Waals surface area (Å²) in [5.74, 6) is -1.58. The lowest BCUT2D eigenvalue weighted by molar-refractivity contribution is -0.145. The zero-order chi connectivity index (χ0) is 17.5. The fraction of sp³-hybridized carbons (Fsp3) is 0.529. The Balaban J connectivity index is 1.87. The number of halogens is 1. The molecule has 132 valence electrons. The highest BCUT2D eigenvalue weighted by Gasteiger charge is 2.27. The Labute approximate surface area is 139 Å². The molecule has 0 aliphatic carbocycles. The number of aliphatic carboxylic acids is 1. The highest BCUT2D eigenvalue weighted by molar-refractivity contribution is 5.80. The van der Waals surface area contributed by atoms with Gasteiger partial charge in [-0.05, 0) is 43.0 Å². The molecule has 2 unspecified atom stereocenters. The van der Waals surface area contributed by atoms with Crippen LogP contribution in [0.15, 0.2) is 24.3 Å². The van der Waals surface area contributed by atoms with Crippen LogP contribution in [-0.2, 0) is 14.3 Å². The molecule has 1 amide bonds. The van der Waals surface area contributed by atoms with Crippen LogP contribution < -0.4 is 10.1 Å². The molecule has 7 heteroatoms. The van der Waals surface area contributed by atoms with Crippen LogP contribution in [0.25, 0.3) is 0 Å². The lowest BCUT2D eigenvalue weighted by atomic mass is 9.87. The molecular weight excluding hydrogens is 317 g/mol. The number of hydrogen-bond donors (Lipinski definition) is 2. The van der Waals surface area contributed by atoms with Crippen LogP contribution in [0, 0.1) is 17.7 Å². The molecule has 2 atom stereocenters. The average Bonchev–Trinajstić information content (AvgIpc) is 2.59. The van der Waals surface area contributed by atoms with Gasteiger partial charge in [-0.15, -0.1) is 0 Å². The van der Waals surface area contributed by atoms with E-state index in [2.05, 4.69) is 5.32 Å². The number of amides is 1. The van der Waals surface area contributed by atoms with Crippen molar-refractivity contribution in [2.75, 3.05) is 19.8 Å². The Bertz CT molecular complexity index is 557. The molecule has 0 bridgehead atoms. The number of benzene rings is 1. The first-order valence-electron chi connectivity index (χ1n) is 7.98. The van der Waals surface area contributed by atoms with Gasteiger partial charge in [0.15, 0.2) is 0 Å². The molecule has 0 spiro atoms. The normalized spacial score (nSPS) is 17.8. The van der Waals surface area contributed by atoms with Crippen molar-refractivity contribution >= 4 is 11.9 Å². The second kappa shape index (κ2) is 8.63. The van der Waals surface area contributed by atoms with Crippen molar-refractivity contribution in [2.45, 2.75) is 25.9 Å². The third-order valence-corrected chi connectivity index (χ3v) is 4.22. The quantitative estimate of drug-likeness (QED) is 0.792. The number of hydrogen-bond acceptors (Lipinski definition) is 4. The Kier molecular flexibility index (Phi) is 6.54. The van der Waals surface area contributed by atoms with E-state index in [0.29, 0.717) is 13.2 Å². The second-order valence-corrected chi connectivity index (χ2v) is 5.88. The van der Waals surface area contributed by atoms with Gasteiger partial charge in [0.2, 0.25) is 12.0 Å². The molecule has 1 saturated heterocycles. The minimum atomic E-state index is -1.23. The van der Waals surface area contributed by atoms with Gasteiger partial charge in [0.05, 0.1) is 6.54 Å². The summed E-state index contributed by atoms with van der Waals surface area (Å²) in [6.07, 6.45) is 0.410. The smallest absolute Gasteiger partial charge is 0.346 e. The van der Waals surface area contributed by atoms with E-state index in [1.807, 2.05) is 6.92 Å². The maximum atomic E-state index is 12.9. The minimum absolute atomic E-state index is 0.154. The number of ether oxygens (including phenoxy) is 2. The van der Waals surface area contributed by atoms with Gasteiger partial charge in [-0.1, -0.05) is 6.92 Å². The van der Waals surface area contributed by atoms with E-state index in [9.17, 15) is 19.1 Å². The van der Waals surface area contributed by atoms with Crippen molar-refractivity contribution < 1.29 is 28.6 Å². The van der Waals surface area contributed by atoms with Crippen LogP contribution >= 0.6 is 0 Å². The van der Waals surface area contributed by atoms with Gasteiger partial charge in [-0.2, -0.15) is 0 Å². The molecule has 0 aromatic heterocycles. The van der Waals surface area contributed by atoms with Crippen LogP contribution in [-0.4, -0.2) is 42.8 Å². The van der Waals surface area contributed by atoms with Crippen molar-refractivity contribution in [1.29, 1.82) is 0 Å². The monoisotopic (exact) mass is 339 g/mol. The van der Waals surface area contributed by atoms with E-state index in [1.165, 1.54) is 24.3 Å². The van der Waals surface area contributed by atoms with Gasteiger partial charge in [0.25, 0.3) is 0 Å². The number of carbonyl (C=O) groups is 2. The highest BCUT2D eigenvalue weighted by atomic mass is 19.1. The van der Waals surface area contributed by atoms with Crippen molar-refractivity contribution in [3.8, 4) is 5.75 Å². The van der Waals surface area contributed by atoms with Crippen LogP contribution in [0.4, 0.5) is 4.39 Å². The third-order valence-electron chi connectivity index (χ3n) is 4.22. The number of rotatable bonds is 7. The summed E-state index contributed by atoms with van der Waals surface area (Å²) in [5.41, 5.74) is 0. The summed E-state index contributed by atoms with van der Waals surface area (Å²) < 4.78 is 23.4. The average molecular weight is 339 g/mol. The first kappa shape index (κ1) is 18.2. The fourth-order valence-corrected chi connectivity index (χ4v) is 2.64. The Hall–Kier alpha value is -2.15. The van der Waals surface area contributed by atoms with E-state index < -0.39 is 17.9 Å². The van der Waals surface area contributed by atoms with Gasteiger partial charge < -0.3 is 19.9 Å². The Morgan fingerprint density at radius 3 is 2.54 bits per heavy atom. The predicted octanol–water partition coefficient (Wildman–Crippen LogP) is 1.84. The molecule has 1 heterocycles. The van der Waals surface area contributed by atoms with Gasteiger partial charge >= 0.3 is 5.97 Å². The maximum Gasteiger partial charge on any atom is 0.346 e. The highest BCUT2D eigenvalue weighted by Crippen LogP contribution is 2.23. The van der Waals surface area contributed by atoms with Crippen molar-refractivity contribution in [3.63, 3.8) is 0 Å². The van der Waals surface area contributed by atoms with E-state index in [-0.39, 0.29) is 30.0 Å². The standard InChI is InChI=1S/C17H22FNO5/c1-11(12-6-8-23-9-7-12)16(20)19-10-15(17(21)22)24-14-4-2-13(18)3-5-14/h2-5,11-12,15H,6-10H2,1H3,(H,19,20)(H,21,22). The van der Waals surface area contributed by atoms with Crippen LogP contribution in [0.3, 0.4) is 0 Å². The number of carboxylic acids is 1. The van der Waals surface area contributed by atoms with E-state index >= 15 is 0 Å². The fourth-order valence-electron chi connectivity index (χ4n) is 2.64. The molecule has 1 aromatic carbocycles. The van der Waals surface area contributed by atoms with Crippen molar-refractivity contribution in [1.82, 2.24) is 5.32 Å². The molecule has 1 aliphatic rings. The summed E-state index contributed by atoms with van der Waals surface area (Å²) in [4.78, 5) is 23.5. The van der Waals surface area contributed by atoms with Crippen molar-refractivity contribution in [2.24, 2.45) is 11.8 Å². The van der Waals surface area contributed by atoms with E-state index in [1.54, 1.807) is 0 Å².